The third-order valence-electron chi connectivity index (χ3n) is 18.2. The summed E-state index contributed by atoms with van der Waals surface area (Å²) in [5, 5.41) is 0. The summed E-state index contributed by atoms with van der Waals surface area (Å²) >= 11 is 0. The van der Waals surface area contributed by atoms with Crippen LogP contribution in [-0.2, 0) is 27.1 Å². The van der Waals surface area contributed by atoms with Crippen LogP contribution >= 0.6 is 0 Å². The minimum atomic E-state index is 0.0348. The molecule has 5 aromatic rings. The van der Waals surface area contributed by atoms with Gasteiger partial charge in [0.05, 0.1) is 17.1 Å². The van der Waals surface area contributed by atoms with Gasteiger partial charge in [0, 0.05) is 11.0 Å². The van der Waals surface area contributed by atoms with E-state index in [1.165, 1.54) is 102 Å². The molecule has 0 aliphatic heterocycles. The molecule has 0 radical (unpaired) electrons. The number of fused-ring (bicyclic) bond motifs is 10. The van der Waals surface area contributed by atoms with E-state index < -0.39 is 0 Å². The first-order chi connectivity index (χ1) is 27.2. The zero-order valence-electron chi connectivity index (χ0n) is 35.7. The Kier molecular flexibility index (Phi) is 6.69. The molecule has 0 saturated heterocycles. The third kappa shape index (κ3) is 4.18. The first-order valence-corrected chi connectivity index (χ1v) is 22.6. The molecule has 5 aromatic carbocycles. The Morgan fingerprint density at radius 3 is 1.67 bits per heavy atom. The van der Waals surface area contributed by atoms with E-state index in [1.807, 2.05) is 0 Å². The van der Waals surface area contributed by atoms with E-state index in [4.69, 9.17) is 0 Å². The average Bonchev–Trinajstić information content (AvgIpc) is 3.83. The van der Waals surface area contributed by atoms with E-state index in [2.05, 4.69) is 163 Å². The second kappa shape index (κ2) is 10.9. The Bertz CT molecular complexity index is 2450. The molecule has 0 aromatic heterocycles. The summed E-state index contributed by atoms with van der Waals surface area (Å²) in [5.41, 5.74) is 20.3. The molecule has 0 N–H and O–H groups in total. The molecule has 4 fully saturated rings. The highest BCUT2D eigenvalue weighted by Crippen LogP contribution is 2.90. The fraction of sp³-hybridized carbons (Fsp3) is 0.464. The van der Waals surface area contributed by atoms with E-state index in [0.29, 0.717) is 5.41 Å². The summed E-state index contributed by atoms with van der Waals surface area (Å²) in [6, 6.07) is 41.2. The number of hydrogen-bond acceptors (Lipinski definition) is 1. The molecule has 57 heavy (non-hydrogen) atoms. The molecular weight excluding hydrogens is 687 g/mol. The van der Waals surface area contributed by atoms with Crippen molar-refractivity contribution < 1.29 is 0 Å². The number of anilines is 3. The van der Waals surface area contributed by atoms with Crippen LogP contribution in [0.3, 0.4) is 0 Å². The Morgan fingerprint density at radius 1 is 0.474 bits per heavy atom. The predicted octanol–water partition coefficient (Wildman–Crippen LogP) is 14.9. The van der Waals surface area contributed by atoms with Crippen LogP contribution in [0.2, 0.25) is 0 Å². The number of nitrogens with zero attached hydrogens (tertiary/aromatic N) is 1. The maximum absolute atomic E-state index is 2.85. The molecule has 2 bridgehead atoms. The van der Waals surface area contributed by atoms with Gasteiger partial charge in [-0.05, 0) is 176 Å². The standard InChI is InChI=1S/C56H61N/c1-51(2)24-26-53(5,6)49-40(51)20-14-22-43(49)57(44-23-15-21-41-50(44)54(7,8)27-25-52(41,3)4)45-31-36(35-16-10-9-11-17-35)30-42-48(45)38-18-12-13-19-39(38)56(42)46-29-34-28-37-32-47(56)55(37,46)33-34/h9-23,30-31,34,37,46-47H,24-29,32-33H2,1-8H3. The Hall–Kier alpha value is -4.10. The topological polar surface area (TPSA) is 3.24 Å². The first kappa shape index (κ1) is 34.9. The molecular formula is C56H61N. The fourth-order valence-corrected chi connectivity index (χ4v) is 15.6. The van der Waals surface area contributed by atoms with E-state index >= 15 is 0 Å². The lowest BCUT2D eigenvalue weighted by Crippen LogP contribution is -2.73. The van der Waals surface area contributed by atoms with E-state index in [1.54, 1.807) is 22.3 Å². The van der Waals surface area contributed by atoms with Gasteiger partial charge in [-0.3, -0.25) is 0 Å². The van der Waals surface area contributed by atoms with Gasteiger partial charge in [-0.1, -0.05) is 134 Å². The molecule has 4 saturated carbocycles. The van der Waals surface area contributed by atoms with Crippen LogP contribution in [0.25, 0.3) is 22.3 Å². The van der Waals surface area contributed by atoms with Crippen LogP contribution in [0, 0.1) is 29.1 Å². The zero-order chi connectivity index (χ0) is 39.1. The van der Waals surface area contributed by atoms with Crippen molar-refractivity contribution in [2.24, 2.45) is 29.1 Å². The number of rotatable bonds is 4. The van der Waals surface area contributed by atoms with Crippen LogP contribution in [0.15, 0.2) is 103 Å². The van der Waals surface area contributed by atoms with Crippen LogP contribution < -0.4 is 4.90 Å². The minimum absolute atomic E-state index is 0.0348. The number of hydrogen-bond donors (Lipinski definition) is 0. The molecule has 7 aliphatic rings. The zero-order valence-corrected chi connectivity index (χ0v) is 35.7. The molecule has 6 unspecified atom stereocenters. The smallest absolute Gasteiger partial charge is 0.0549 e. The summed E-state index contributed by atoms with van der Waals surface area (Å²) in [6.45, 7) is 20.1. The van der Waals surface area contributed by atoms with Gasteiger partial charge in [-0.2, -0.15) is 0 Å². The second-order valence-electron chi connectivity index (χ2n) is 22.7. The Labute approximate surface area is 342 Å². The average molecular weight is 748 g/mol. The van der Waals surface area contributed by atoms with Gasteiger partial charge in [0.15, 0.2) is 0 Å². The third-order valence-corrected chi connectivity index (χ3v) is 18.2. The number of benzene rings is 5. The quantitative estimate of drug-likeness (QED) is 0.177. The van der Waals surface area contributed by atoms with Crippen molar-refractivity contribution in [3.8, 4) is 22.3 Å². The highest BCUT2D eigenvalue weighted by molar-refractivity contribution is 5.99. The molecule has 12 rings (SSSR count). The maximum Gasteiger partial charge on any atom is 0.0549 e. The monoisotopic (exact) mass is 747 g/mol. The highest BCUT2D eigenvalue weighted by Gasteiger charge is 2.84. The summed E-state index contributed by atoms with van der Waals surface area (Å²) in [4.78, 5) is 2.85. The lowest BCUT2D eigenvalue weighted by molar-refractivity contribution is -0.231. The summed E-state index contributed by atoms with van der Waals surface area (Å²) in [5.74, 6) is 3.41. The molecule has 7 aliphatic carbocycles. The van der Waals surface area contributed by atoms with Crippen molar-refractivity contribution >= 4 is 17.1 Å². The van der Waals surface area contributed by atoms with Gasteiger partial charge < -0.3 is 4.90 Å². The van der Waals surface area contributed by atoms with E-state index in [0.717, 1.165) is 23.7 Å². The van der Waals surface area contributed by atoms with Crippen LogP contribution in [0.1, 0.15) is 140 Å². The molecule has 2 spiro atoms. The fourth-order valence-electron chi connectivity index (χ4n) is 15.6. The molecule has 0 heterocycles. The van der Waals surface area contributed by atoms with Gasteiger partial charge in [-0.15, -0.1) is 0 Å². The molecule has 290 valence electrons. The van der Waals surface area contributed by atoms with Gasteiger partial charge in [-0.25, -0.2) is 0 Å². The molecule has 1 heteroatoms. The van der Waals surface area contributed by atoms with Gasteiger partial charge in [0.1, 0.15) is 0 Å². The first-order valence-electron chi connectivity index (χ1n) is 22.6. The predicted molar refractivity (Wildman–Crippen MR) is 238 cm³/mol. The minimum Gasteiger partial charge on any atom is -0.309 e. The summed E-state index contributed by atoms with van der Waals surface area (Å²) < 4.78 is 0. The van der Waals surface area contributed by atoms with Crippen LogP contribution in [-0.4, -0.2) is 0 Å². The van der Waals surface area contributed by atoms with E-state index in [-0.39, 0.29) is 27.1 Å². The molecule has 6 atom stereocenters. The second-order valence-corrected chi connectivity index (χ2v) is 22.7. The van der Waals surface area contributed by atoms with Crippen molar-refractivity contribution in [2.75, 3.05) is 4.90 Å². The van der Waals surface area contributed by atoms with Crippen LogP contribution in [0.4, 0.5) is 17.1 Å². The molecule has 1 nitrogen and oxygen atoms in total. The maximum atomic E-state index is 2.85. The van der Waals surface area contributed by atoms with Crippen molar-refractivity contribution in [2.45, 2.75) is 134 Å². The SMILES string of the molecule is CC1(C)CCC(C)(C)c2c(N(c3cc(-c4ccccc4)cc4c3-c3ccccc3C43C4CC5CC6CC3C64C5)c3cccc4c3C(C)(C)CCC4(C)C)cccc21. The van der Waals surface area contributed by atoms with Gasteiger partial charge >= 0.3 is 0 Å². The van der Waals surface area contributed by atoms with Crippen molar-refractivity contribution in [3.63, 3.8) is 0 Å². The van der Waals surface area contributed by atoms with Gasteiger partial charge in [0.2, 0.25) is 0 Å². The Morgan fingerprint density at radius 2 is 1.04 bits per heavy atom. The lowest BCUT2D eigenvalue weighted by Gasteiger charge is -2.76. The summed E-state index contributed by atoms with van der Waals surface area (Å²) in [6.07, 6.45) is 10.6. The van der Waals surface area contributed by atoms with Gasteiger partial charge in [0.25, 0.3) is 0 Å². The Balaban J connectivity index is 1.23. The molecule has 0 amide bonds. The summed E-state index contributed by atoms with van der Waals surface area (Å²) in [7, 11) is 0. The lowest BCUT2D eigenvalue weighted by atomic mass is 9.27. The largest absolute Gasteiger partial charge is 0.309 e. The van der Waals surface area contributed by atoms with Crippen LogP contribution in [0.5, 0.6) is 0 Å². The highest BCUT2D eigenvalue weighted by atomic mass is 15.2. The normalized spacial score (nSPS) is 31.6. The van der Waals surface area contributed by atoms with Crippen molar-refractivity contribution in [1.82, 2.24) is 0 Å². The van der Waals surface area contributed by atoms with Crippen molar-refractivity contribution in [3.05, 3.63) is 137 Å². The van der Waals surface area contributed by atoms with Crippen molar-refractivity contribution in [1.29, 1.82) is 0 Å². The van der Waals surface area contributed by atoms with E-state index in [9.17, 15) is 0 Å².